The van der Waals surface area contributed by atoms with E-state index in [2.05, 4.69) is 21.6 Å². The van der Waals surface area contributed by atoms with Gasteiger partial charge in [0.1, 0.15) is 0 Å². The summed E-state index contributed by atoms with van der Waals surface area (Å²) in [6.07, 6.45) is 3.47. The van der Waals surface area contributed by atoms with Crippen LogP contribution in [0.5, 0.6) is 0 Å². The van der Waals surface area contributed by atoms with E-state index in [9.17, 15) is 0 Å². The Hall–Kier alpha value is -1.16. The van der Waals surface area contributed by atoms with Crippen molar-refractivity contribution in [2.45, 2.75) is 6.92 Å². The Morgan fingerprint density at radius 2 is 2.15 bits per heavy atom. The molecule has 1 saturated heterocycles. The van der Waals surface area contributed by atoms with Crippen LogP contribution in [0.1, 0.15) is 6.92 Å². The molecule has 0 aromatic carbocycles. The topological polar surface area (TPSA) is 37.2 Å². The summed E-state index contributed by atoms with van der Waals surface area (Å²) in [5.74, 6) is 0. The lowest BCUT2D eigenvalue weighted by Gasteiger charge is -2.24. The molecule has 0 amide bonds. The number of hydrogen-bond acceptors (Lipinski definition) is 3. The molecule has 1 aliphatic heterocycles. The minimum absolute atomic E-state index is 0.786. The van der Waals surface area contributed by atoms with Crippen molar-refractivity contribution in [3.05, 3.63) is 11.9 Å². The Bertz CT molecular complexity index is 217. The number of aliphatic imine (C=N–C) groups is 2. The van der Waals surface area contributed by atoms with Crippen LogP contribution in [0, 0.1) is 0 Å². The number of nitrogens with zero attached hydrogens (tertiary/aromatic N) is 3. The lowest BCUT2D eigenvalue weighted by Crippen LogP contribution is -2.35. The molecule has 4 heteroatoms. The van der Waals surface area contributed by atoms with E-state index in [1.165, 1.54) is 0 Å². The molecule has 4 nitrogen and oxygen atoms in total. The molecule has 0 N–H and O–H groups in total. The summed E-state index contributed by atoms with van der Waals surface area (Å²) in [6.45, 7) is 8.66. The zero-order valence-corrected chi connectivity index (χ0v) is 7.94. The summed E-state index contributed by atoms with van der Waals surface area (Å²) < 4.78 is 5.21. The molecule has 0 saturated carbocycles. The van der Waals surface area contributed by atoms with Crippen LogP contribution in [-0.2, 0) is 4.74 Å². The van der Waals surface area contributed by atoms with Crippen LogP contribution in [0.25, 0.3) is 0 Å². The van der Waals surface area contributed by atoms with Crippen molar-refractivity contribution in [2.75, 3.05) is 26.3 Å². The van der Waals surface area contributed by atoms with Gasteiger partial charge in [-0.05, 0) is 13.6 Å². The molecule has 1 heterocycles. The number of ether oxygens (including phenoxy) is 1. The standard InChI is InChI=1S/C9H15N3O/c1-9(7-10-2)11-8-12-3-5-13-6-4-12/h7-8H,2-6H2,1H3/b9-7-,11-8?. The fourth-order valence-corrected chi connectivity index (χ4v) is 1.03. The molecule has 1 rings (SSSR count). The summed E-state index contributed by atoms with van der Waals surface area (Å²) >= 11 is 0. The van der Waals surface area contributed by atoms with Gasteiger partial charge in [-0.1, -0.05) is 0 Å². The van der Waals surface area contributed by atoms with E-state index < -0.39 is 0 Å². The van der Waals surface area contributed by atoms with Crippen LogP contribution in [0.2, 0.25) is 0 Å². The van der Waals surface area contributed by atoms with Gasteiger partial charge in [-0.15, -0.1) is 0 Å². The number of allylic oxidation sites excluding steroid dienone is 1. The average molecular weight is 181 g/mol. The monoisotopic (exact) mass is 181 g/mol. The van der Waals surface area contributed by atoms with Gasteiger partial charge in [-0.3, -0.25) is 4.99 Å². The summed E-state index contributed by atoms with van der Waals surface area (Å²) in [4.78, 5) is 9.97. The number of rotatable bonds is 3. The van der Waals surface area contributed by atoms with Crippen molar-refractivity contribution in [3.63, 3.8) is 0 Å². The minimum Gasteiger partial charge on any atom is -0.378 e. The van der Waals surface area contributed by atoms with Gasteiger partial charge >= 0.3 is 0 Å². The minimum atomic E-state index is 0.786. The zero-order chi connectivity index (χ0) is 9.52. The van der Waals surface area contributed by atoms with E-state index in [-0.39, 0.29) is 0 Å². The van der Waals surface area contributed by atoms with Crippen LogP contribution in [-0.4, -0.2) is 44.3 Å². The van der Waals surface area contributed by atoms with Gasteiger partial charge in [0.25, 0.3) is 0 Å². The van der Waals surface area contributed by atoms with Crippen molar-refractivity contribution in [2.24, 2.45) is 9.98 Å². The first-order valence-electron chi connectivity index (χ1n) is 4.31. The van der Waals surface area contributed by atoms with Crippen molar-refractivity contribution in [1.29, 1.82) is 0 Å². The molecule has 0 bridgehead atoms. The first-order valence-corrected chi connectivity index (χ1v) is 4.31. The predicted molar refractivity (Wildman–Crippen MR) is 54.2 cm³/mol. The third kappa shape index (κ3) is 3.85. The third-order valence-corrected chi connectivity index (χ3v) is 1.75. The van der Waals surface area contributed by atoms with Crippen LogP contribution >= 0.6 is 0 Å². The lowest BCUT2D eigenvalue weighted by atomic mass is 10.5. The second-order valence-corrected chi connectivity index (χ2v) is 2.85. The van der Waals surface area contributed by atoms with Gasteiger partial charge in [0.05, 0.1) is 25.2 Å². The molecule has 72 valence electrons. The molecule has 0 aliphatic carbocycles. The van der Waals surface area contributed by atoms with Gasteiger partial charge < -0.3 is 9.64 Å². The van der Waals surface area contributed by atoms with Gasteiger partial charge in [0, 0.05) is 19.3 Å². The molecule has 0 aromatic heterocycles. The predicted octanol–water partition coefficient (Wildman–Crippen LogP) is 0.909. The van der Waals surface area contributed by atoms with Crippen molar-refractivity contribution in [1.82, 2.24) is 4.90 Å². The Balaban J connectivity index is 2.37. The molecule has 0 atom stereocenters. The lowest BCUT2D eigenvalue weighted by molar-refractivity contribution is 0.0700. The highest BCUT2D eigenvalue weighted by Crippen LogP contribution is 1.97. The van der Waals surface area contributed by atoms with Crippen LogP contribution in [0.3, 0.4) is 0 Å². The normalized spacial score (nSPS) is 19.5. The van der Waals surface area contributed by atoms with E-state index in [1.54, 1.807) is 6.20 Å². The smallest absolute Gasteiger partial charge is 0.0910 e. The van der Waals surface area contributed by atoms with Crippen LogP contribution < -0.4 is 0 Å². The van der Waals surface area contributed by atoms with Gasteiger partial charge in [0.2, 0.25) is 0 Å². The quantitative estimate of drug-likeness (QED) is 0.479. The van der Waals surface area contributed by atoms with Crippen molar-refractivity contribution in [3.8, 4) is 0 Å². The molecule has 0 unspecified atom stereocenters. The van der Waals surface area contributed by atoms with Gasteiger partial charge in [-0.25, -0.2) is 4.99 Å². The Labute approximate surface area is 78.6 Å². The first-order chi connectivity index (χ1) is 6.33. The van der Waals surface area contributed by atoms with Gasteiger partial charge in [-0.2, -0.15) is 0 Å². The summed E-state index contributed by atoms with van der Waals surface area (Å²) in [7, 11) is 0. The Morgan fingerprint density at radius 1 is 1.46 bits per heavy atom. The molecule has 0 aromatic rings. The Morgan fingerprint density at radius 3 is 2.77 bits per heavy atom. The highest BCUT2D eigenvalue weighted by atomic mass is 16.5. The fourth-order valence-electron chi connectivity index (χ4n) is 1.03. The Kier molecular flexibility index (Phi) is 4.18. The van der Waals surface area contributed by atoms with Crippen molar-refractivity contribution < 1.29 is 4.74 Å². The molecule has 0 spiro atoms. The first kappa shape index (κ1) is 9.92. The number of morpholine rings is 1. The molecular formula is C9H15N3O. The van der Waals surface area contributed by atoms with E-state index in [0.717, 1.165) is 32.0 Å². The SMILES string of the molecule is C=N/C=C(/C)N=CN1CCOCC1. The van der Waals surface area contributed by atoms with Crippen LogP contribution in [0.15, 0.2) is 21.9 Å². The second-order valence-electron chi connectivity index (χ2n) is 2.85. The molecule has 1 fully saturated rings. The molecule has 1 aliphatic rings. The fraction of sp³-hybridized carbons (Fsp3) is 0.556. The maximum absolute atomic E-state index is 5.21. The van der Waals surface area contributed by atoms with Crippen molar-refractivity contribution >= 4 is 13.1 Å². The summed E-state index contributed by atoms with van der Waals surface area (Å²) in [5, 5.41) is 0. The molecular weight excluding hydrogens is 166 g/mol. The van der Waals surface area contributed by atoms with E-state index in [0.29, 0.717) is 0 Å². The largest absolute Gasteiger partial charge is 0.378 e. The molecule has 0 radical (unpaired) electrons. The summed E-state index contributed by atoms with van der Waals surface area (Å²) in [5.41, 5.74) is 0.862. The summed E-state index contributed by atoms with van der Waals surface area (Å²) in [6, 6.07) is 0. The highest BCUT2D eigenvalue weighted by Gasteiger charge is 2.05. The van der Waals surface area contributed by atoms with E-state index in [1.807, 2.05) is 13.3 Å². The third-order valence-electron chi connectivity index (χ3n) is 1.75. The average Bonchev–Trinajstić information content (AvgIpc) is 2.17. The van der Waals surface area contributed by atoms with E-state index >= 15 is 0 Å². The second kappa shape index (κ2) is 5.48. The van der Waals surface area contributed by atoms with Gasteiger partial charge in [0.15, 0.2) is 0 Å². The van der Waals surface area contributed by atoms with E-state index in [4.69, 9.17) is 4.74 Å². The maximum atomic E-state index is 5.21. The maximum Gasteiger partial charge on any atom is 0.0910 e. The zero-order valence-electron chi connectivity index (χ0n) is 7.94. The molecule has 13 heavy (non-hydrogen) atoms. The highest BCUT2D eigenvalue weighted by molar-refractivity contribution is 5.56. The number of hydrogen-bond donors (Lipinski definition) is 0. The van der Waals surface area contributed by atoms with Crippen LogP contribution in [0.4, 0.5) is 0 Å².